The fourth-order valence-electron chi connectivity index (χ4n) is 3.53. The van der Waals surface area contributed by atoms with Crippen molar-refractivity contribution < 1.29 is 19.4 Å². The summed E-state index contributed by atoms with van der Waals surface area (Å²) in [5.41, 5.74) is 1.39. The second-order valence-electron chi connectivity index (χ2n) is 6.61. The molecular weight excluding hydrogens is 365 g/mol. The smallest absolute Gasteiger partial charge is 0.256 e. The number of aromatic nitrogens is 4. The highest BCUT2D eigenvalue weighted by molar-refractivity contribution is 6.06. The van der Waals surface area contributed by atoms with E-state index < -0.39 is 30.8 Å². The van der Waals surface area contributed by atoms with E-state index in [1.54, 1.807) is 30.3 Å². The van der Waals surface area contributed by atoms with Crippen LogP contribution < -0.4 is 5.32 Å². The van der Waals surface area contributed by atoms with Crippen LogP contribution in [0.15, 0.2) is 55.1 Å². The van der Waals surface area contributed by atoms with Crippen LogP contribution in [0.25, 0.3) is 11.2 Å². The number of alkyl halides is 1. The molecule has 0 aliphatic heterocycles. The number of nitrogens with zero attached hydrogens (tertiary/aromatic N) is 4. The zero-order valence-corrected chi connectivity index (χ0v) is 14.7. The van der Waals surface area contributed by atoms with E-state index >= 15 is 0 Å². The van der Waals surface area contributed by atoms with Gasteiger partial charge in [0.1, 0.15) is 6.33 Å². The van der Waals surface area contributed by atoms with Crippen LogP contribution in [0.5, 0.6) is 0 Å². The number of carbonyl (C=O) groups excluding carboxylic acids is 1. The van der Waals surface area contributed by atoms with E-state index in [-0.39, 0.29) is 22.9 Å². The molecule has 2 heterocycles. The largest absolute Gasteiger partial charge is 0.396 e. The lowest BCUT2D eigenvalue weighted by Gasteiger charge is -2.17. The van der Waals surface area contributed by atoms with Crippen molar-refractivity contribution in [3.05, 3.63) is 60.7 Å². The van der Waals surface area contributed by atoms with E-state index in [4.69, 9.17) is 0 Å². The van der Waals surface area contributed by atoms with Gasteiger partial charge in [0, 0.05) is 11.5 Å². The van der Waals surface area contributed by atoms with Gasteiger partial charge in [0.25, 0.3) is 5.91 Å². The predicted molar refractivity (Wildman–Crippen MR) is 99.4 cm³/mol. The average molecular weight is 383 g/mol. The molecule has 9 heteroatoms. The minimum Gasteiger partial charge on any atom is -0.396 e. The highest BCUT2D eigenvalue weighted by Gasteiger charge is 2.47. The van der Waals surface area contributed by atoms with Crippen LogP contribution in [0.4, 0.5) is 10.2 Å². The van der Waals surface area contributed by atoms with E-state index in [1.165, 1.54) is 17.2 Å². The van der Waals surface area contributed by atoms with Gasteiger partial charge < -0.3 is 20.1 Å². The van der Waals surface area contributed by atoms with Gasteiger partial charge in [0.05, 0.1) is 25.1 Å². The third-order valence-electron chi connectivity index (χ3n) is 5.02. The minimum absolute atomic E-state index is 0.191. The molecule has 1 saturated carbocycles. The summed E-state index contributed by atoms with van der Waals surface area (Å²) < 4.78 is 16.2. The minimum atomic E-state index is -1.67. The Morgan fingerprint density at radius 3 is 2.68 bits per heavy atom. The molecule has 1 aromatic carbocycles. The summed E-state index contributed by atoms with van der Waals surface area (Å²) in [7, 11) is 0. The molecule has 1 amide bonds. The molecule has 1 aliphatic carbocycles. The quantitative estimate of drug-likeness (QED) is 0.589. The molecule has 28 heavy (non-hydrogen) atoms. The van der Waals surface area contributed by atoms with Crippen molar-refractivity contribution >= 4 is 22.9 Å². The Balaban J connectivity index is 1.70. The number of fused-ring (bicyclic) bond motifs is 1. The molecule has 3 aromatic rings. The Morgan fingerprint density at radius 1 is 1.25 bits per heavy atom. The topological polar surface area (TPSA) is 113 Å². The van der Waals surface area contributed by atoms with Crippen LogP contribution in [0, 0.1) is 5.92 Å². The molecule has 0 spiro atoms. The van der Waals surface area contributed by atoms with Gasteiger partial charge in [-0.1, -0.05) is 24.8 Å². The summed E-state index contributed by atoms with van der Waals surface area (Å²) >= 11 is 0. The van der Waals surface area contributed by atoms with Crippen LogP contribution in [0.1, 0.15) is 16.4 Å². The van der Waals surface area contributed by atoms with Gasteiger partial charge in [-0.25, -0.2) is 19.3 Å². The van der Waals surface area contributed by atoms with Crippen LogP contribution in [-0.4, -0.2) is 54.5 Å². The molecule has 144 valence electrons. The molecule has 8 nitrogen and oxygen atoms in total. The number of imidazole rings is 1. The molecule has 4 rings (SSSR count). The standard InChI is InChI=1S/C19H18FN5O3/c1-10-12(7-26)16(27)13(20)15(10)25-9-23-14-17(21-8-22-18(14)25)24-19(28)11-5-3-2-4-6-11/h2-6,8-9,12-13,15-16,26-27H,1,7H2,(H,21,22,24,28)/t12-,13?,15+,16+/m0/s1. The van der Waals surface area contributed by atoms with Gasteiger partial charge in [-0.15, -0.1) is 0 Å². The normalized spacial score (nSPS) is 24.6. The summed E-state index contributed by atoms with van der Waals surface area (Å²) in [6.07, 6.45) is -0.420. The van der Waals surface area contributed by atoms with Crippen LogP contribution in [-0.2, 0) is 0 Å². The molecule has 0 bridgehead atoms. The number of amides is 1. The monoisotopic (exact) mass is 383 g/mol. The Bertz CT molecular complexity index is 1040. The van der Waals surface area contributed by atoms with E-state index in [1.807, 2.05) is 0 Å². The number of aliphatic hydroxyl groups is 2. The highest BCUT2D eigenvalue weighted by Crippen LogP contribution is 2.42. The van der Waals surface area contributed by atoms with Crippen LogP contribution in [0.2, 0.25) is 0 Å². The van der Waals surface area contributed by atoms with Gasteiger partial charge in [0.2, 0.25) is 0 Å². The fourth-order valence-corrected chi connectivity index (χ4v) is 3.53. The van der Waals surface area contributed by atoms with Crippen molar-refractivity contribution in [1.29, 1.82) is 0 Å². The zero-order valence-electron chi connectivity index (χ0n) is 14.7. The molecule has 1 aliphatic rings. The van der Waals surface area contributed by atoms with Crippen LogP contribution in [0.3, 0.4) is 0 Å². The number of carbonyl (C=O) groups is 1. The lowest BCUT2D eigenvalue weighted by Crippen LogP contribution is -2.27. The number of nitrogens with one attached hydrogen (secondary N) is 1. The van der Waals surface area contributed by atoms with E-state index in [9.17, 15) is 19.4 Å². The Hall–Kier alpha value is -3.17. The molecule has 3 N–H and O–H groups in total. The maximum atomic E-state index is 14.7. The molecule has 4 atom stereocenters. The lowest BCUT2D eigenvalue weighted by atomic mass is 10.0. The van der Waals surface area contributed by atoms with Crippen molar-refractivity contribution in [3.8, 4) is 0 Å². The van der Waals surface area contributed by atoms with E-state index in [2.05, 4.69) is 26.8 Å². The Kier molecular flexibility index (Phi) is 4.62. The third-order valence-corrected chi connectivity index (χ3v) is 5.02. The van der Waals surface area contributed by atoms with Crippen molar-refractivity contribution in [2.75, 3.05) is 11.9 Å². The van der Waals surface area contributed by atoms with Gasteiger partial charge in [-0.3, -0.25) is 4.79 Å². The Labute approximate surface area is 159 Å². The van der Waals surface area contributed by atoms with Gasteiger partial charge >= 0.3 is 0 Å². The first-order chi connectivity index (χ1) is 13.5. The lowest BCUT2D eigenvalue weighted by molar-refractivity contribution is 0.0426. The molecule has 0 saturated heterocycles. The third kappa shape index (κ3) is 2.85. The number of anilines is 1. The second-order valence-corrected chi connectivity index (χ2v) is 6.61. The summed E-state index contributed by atoms with van der Waals surface area (Å²) in [6.45, 7) is 3.43. The van der Waals surface area contributed by atoms with Gasteiger partial charge in [0.15, 0.2) is 23.2 Å². The zero-order chi connectivity index (χ0) is 19.8. The van der Waals surface area contributed by atoms with Crippen molar-refractivity contribution in [2.45, 2.75) is 18.3 Å². The van der Waals surface area contributed by atoms with Crippen LogP contribution >= 0.6 is 0 Å². The summed E-state index contributed by atoms with van der Waals surface area (Å²) in [5, 5.41) is 22.2. The number of rotatable bonds is 4. The first-order valence-corrected chi connectivity index (χ1v) is 8.68. The fraction of sp³-hybridized carbons (Fsp3) is 0.263. The number of aliphatic hydroxyl groups excluding tert-OH is 2. The molecule has 1 fully saturated rings. The van der Waals surface area contributed by atoms with Gasteiger partial charge in [-0.05, 0) is 17.7 Å². The molecule has 0 radical (unpaired) electrons. The van der Waals surface area contributed by atoms with E-state index in [0.717, 1.165) is 0 Å². The first-order valence-electron chi connectivity index (χ1n) is 8.68. The van der Waals surface area contributed by atoms with E-state index in [0.29, 0.717) is 11.1 Å². The SMILES string of the molecule is C=C1[C@@H](n2cnc3c(NC(=O)c4ccccc4)ncnc32)C(F)[C@H](O)[C@H]1CO. The maximum absolute atomic E-state index is 14.7. The maximum Gasteiger partial charge on any atom is 0.256 e. The van der Waals surface area contributed by atoms with Gasteiger partial charge in [-0.2, -0.15) is 0 Å². The molecule has 2 aromatic heterocycles. The molecule has 1 unspecified atom stereocenters. The number of hydrogen-bond acceptors (Lipinski definition) is 6. The second kappa shape index (κ2) is 7.10. The predicted octanol–water partition coefficient (Wildman–Crippen LogP) is 1.50. The van der Waals surface area contributed by atoms with Crippen molar-refractivity contribution in [1.82, 2.24) is 19.5 Å². The Morgan fingerprint density at radius 2 is 2.00 bits per heavy atom. The molecular formula is C19H18FN5O3. The number of benzene rings is 1. The number of halogens is 1. The number of hydrogen-bond donors (Lipinski definition) is 3. The summed E-state index contributed by atoms with van der Waals surface area (Å²) in [6, 6.07) is 7.70. The average Bonchev–Trinajstić information content (AvgIpc) is 3.22. The van der Waals surface area contributed by atoms with Crippen molar-refractivity contribution in [2.24, 2.45) is 5.92 Å². The summed E-state index contributed by atoms with van der Waals surface area (Å²) in [5.74, 6) is -0.938. The summed E-state index contributed by atoms with van der Waals surface area (Å²) in [4.78, 5) is 24.9. The highest BCUT2D eigenvalue weighted by atomic mass is 19.1. The van der Waals surface area contributed by atoms with Crippen molar-refractivity contribution in [3.63, 3.8) is 0 Å². The first kappa shape index (κ1) is 18.2.